The zero-order valence-electron chi connectivity index (χ0n) is 16.6. The Morgan fingerprint density at radius 2 is 2.14 bits per heavy atom. The Bertz CT molecular complexity index is 958. The van der Waals surface area contributed by atoms with Gasteiger partial charge in [0.15, 0.2) is 11.6 Å². The standard InChI is InChI=1S/C20H24N8O/c1-26(2)15-7-11-27(13-15)14-19(29)23-17-12-18(28-10-5-9-22-28)25-20(24-17)16-6-3-4-8-21-16/h3-6,8-10,12,15H,7,11,13-14H2,1-2H3,(H,23,24,25,29). The molecule has 150 valence electrons. The van der Waals surface area contributed by atoms with Gasteiger partial charge in [-0.1, -0.05) is 6.07 Å². The van der Waals surface area contributed by atoms with Gasteiger partial charge < -0.3 is 10.2 Å². The van der Waals surface area contributed by atoms with Gasteiger partial charge in [-0.15, -0.1) is 0 Å². The molecule has 4 rings (SSSR count). The van der Waals surface area contributed by atoms with Crippen LogP contribution in [0, 0.1) is 0 Å². The van der Waals surface area contributed by atoms with Crippen molar-refractivity contribution in [3.05, 3.63) is 48.9 Å². The summed E-state index contributed by atoms with van der Waals surface area (Å²) in [5, 5.41) is 7.14. The summed E-state index contributed by atoms with van der Waals surface area (Å²) in [6.07, 6.45) is 6.23. The minimum Gasteiger partial charge on any atom is -0.309 e. The van der Waals surface area contributed by atoms with Gasteiger partial charge in [-0.05, 0) is 38.7 Å². The second-order valence-electron chi connectivity index (χ2n) is 7.29. The fraction of sp³-hybridized carbons (Fsp3) is 0.350. The quantitative estimate of drug-likeness (QED) is 0.676. The molecule has 1 aliphatic rings. The Balaban J connectivity index is 1.53. The average Bonchev–Trinajstić information content (AvgIpc) is 3.40. The third-order valence-corrected chi connectivity index (χ3v) is 4.96. The van der Waals surface area contributed by atoms with E-state index < -0.39 is 0 Å². The Hall–Kier alpha value is -3.17. The smallest absolute Gasteiger partial charge is 0.239 e. The van der Waals surface area contributed by atoms with Crippen LogP contribution in [0.2, 0.25) is 0 Å². The van der Waals surface area contributed by atoms with E-state index in [-0.39, 0.29) is 5.91 Å². The number of nitrogens with one attached hydrogen (secondary N) is 1. The number of hydrogen-bond donors (Lipinski definition) is 1. The Morgan fingerprint density at radius 1 is 1.24 bits per heavy atom. The molecule has 0 aliphatic carbocycles. The van der Waals surface area contributed by atoms with Crippen LogP contribution >= 0.6 is 0 Å². The number of pyridine rings is 1. The predicted molar refractivity (Wildman–Crippen MR) is 110 cm³/mol. The molecule has 1 amide bonds. The molecule has 1 atom stereocenters. The van der Waals surface area contributed by atoms with Crippen molar-refractivity contribution in [3.63, 3.8) is 0 Å². The number of aromatic nitrogens is 5. The van der Waals surface area contributed by atoms with E-state index in [1.807, 2.05) is 24.3 Å². The van der Waals surface area contributed by atoms with Gasteiger partial charge in [0.05, 0.1) is 6.54 Å². The van der Waals surface area contributed by atoms with E-state index in [0.29, 0.717) is 35.7 Å². The van der Waals surface area contributed by atoms with Gasteiger partial charge in [0.2, 0.25) is 5.91 Å². The summed E-state index contributed by atoms with van der Waals surface area (Å²) in [5.41, 5.74) is 0.630. The molecule has 1 N–H and O–H groups in total. The summed E-state index contributed by atoms with van der Waals surface area (Å²) in [5.74, 6) is 1.33. The molecule has 0 bridgehead atoms. The van der Waals surface area contributed by atoms with Gasteiger partial charge in [-0.2, -0.15) is 5.10 Å². The zero-order valence-corrected chi connectivity index (χ0v) is 16.6. The van der Waals surface area contributed by atoms with Crippen molar-refractivity contribution in [2.24, 2.45) is 0 Å². The van der Waals surface area contributed by atoms with Gasteiger partial charge in [-0.3, -0.25) is 14.7 Å². The number of likely N-dealkylation sites (tertiary alicyclic amines) is 1. The molecule has 0 saturated carbocycles. The maximum Gasteiger partial charge on any atom is 0.239 e. The summed E-state index contributed by atoms with van der Waals surface area (Å²) >= 11 is 0. The molecule has 29 heavy (non-hydrogen) atoms. The largest absolute Gasteiger partial charge is 0.309 e. The SMILES string of the molecule is CN(C)C1CCN(CC(=O)Nc2cc(-n3cccn3)nc(-c3ccccn3)n2)C1. The van der Waals surface area contributed by atoms with Crippen LogP contribution in [0.4, 0.5) is 5.82 Å². The van der Waals surface area contributed by atoms with Crippen LogP contribution in [0.1, 0.15) is 6.42 Å². The van der Waals surface area contributed by atoms with Crippen molar-refractivity contribution >= 4 is 11.7 Å². The molecule has 3 aromatic rings. The van der Waals surface area contributed by atoms with Gasteiger partial charge in [0.25, 0.3) is 0 Å². The van der Waals surface area contributed by atoms with Crippen molar-refractivity contribution in [1.29, 1.82) is 0 Å². The van der Waals surface area contributed by atoms with Gasteiger partial charge in [-0.25, -0.2) is 14.6 Å². The van der Waals surface area contributed by atoms with E-state index in [1.54, 1.807) is 29.3 Å². The molecule has 1 aliphatic heterocycles. The van der Waals surface area contributed by atoms with E-state index in [1.165, 1.54) is 0 Å². The third kappa shape index (κ3) is 4.64. The van der Waals surface area contributed by atoms with Crippen molar-refractivity contribution in [3.8, 4) is 17.3 Å². The van der Waals surface area contributed by atoms with Crippen molar-refractivity contribution < 1.29 is 4.79 Å². The molecule has 1 saturated heterocycles. The van der Waals surface area contributed by atoms with E-state index in [4.69, 9.17) is 0 Å². The van der Waals surface area contributed by atoms with E-state index in [2.05, 4.69) is 49.3 Å². The number of amides is 1. The summed E-state index contributed by atoms with van der Waals surface area (Å²) in [6.45, 7) is 2.14. The van der Waals surface area contributed by atoms with E-state index >= 15 is 0 Å². The van der Waals surface area contributed by atoms with Crippen molar-refractivity contribution in [1.82, 2.24) is 34.5 Å². The first-order chi connectivity index (χ1) is 14.1. The highest BCUT2D eigenvalue weighted by atomic mass is 16.2. The van der Waals surface area contributed by atoms with Crippen LogP contribution in [0.15, 0.2) is 48.9 Å². The highest BCUT2D eigenvalue weighted by Crippen LogP contribution is 2.18. The van der Waals surface area contributed by atoms with E-state index in [9.17, 15) is 4.79 Å². The monoisotopic (exact) mass is 392 g/mol. The van der Waals surface area contributed by atoms with Gasteiger partial charge in [0, 0.05) is 43.8 Å². The lowest BCUT2D eigenvalue weighted by Crippen LogP contribution is -2.35. The maximum absolute atomic E-state index is 12.6. The van der Waals surface area contributed by atoms with Crippen LogP contribution in [0.3, 0.4) is 0 Å². The molecular weight excluding hydrogens is 368 g/mol. The van der Waals surface area contributed by atoms with Crippen LogP contribution in [-0.2, 0) is 4.79 Å². The Kier molecular flexibility index (Phi) is 5.59. The predicted octanol–water partition coefficient (Wildman–Crippen LogP) is 1.30. The molecule has 1 fully saturated rings. The second kappa shape index (κ2) is 8.46. The molecule has 1 unspecified atom stereocenters. The topological polar surface area (TPSA) is 92.1 Å². The normalized spacial score (nSPS) is 17.0. The zero-order chi connectivity index (χ0) is 20.2. The minimum absolute atomic E-state index is 0.0958. The minimum atomic E-state index is -0.0958. The second-order valence-corrected chi connectivity index (χ2v) is 7.29. The van der Waals surface area contributed by atoms with Gasteiger partial charge in [0.1, 0.15) is 11.5 Å². The fourth-order valence-corrected chi connectivity index (χ4v) is 3.39. The Labute approximate surface area is 169 Å². The van der Waals surface area contributed by atoms with Crippen molar-refractivity contribution in [2.75, 3.05) is 39.0 Å². The third-order valence-electron chi connectivity index (χ3n) is 4.96. The van der Waals surface area contributed by atoms with Gasteiger partial charge >= 0.3 is 0 Å². The fourth-order valence-electron chi connectivity index (χ4n) is 3.39. The number of carbonyl (C=O) groups is 1. The number of hydrogen-bond acceptors (Lipinski definition) is 7. The molecule has 0 aromatic carbocycles. The van der Waals surface area contributed by atoms with Crippen LogP contribution in [0.5, 0.6) is 0 Å². The summed E-state index contributed by atoms with van der Waals surface area (Å²) in [7, 11) is 4.15. The maximum atomic E-state index is 12.6. The highest BCUT2D eigenvalue weighted by Gasteiger charge is 2.25. The number of likely N-dealkylation sites (N-methyl/N-ethyl adjacent to an activating group) is 1. The summed E-state index contributed by atoms with van der Waals surface area (Å²) in [6, 6.07) is 9.56. The average molecular weight is 392 g/mol. The highest BCUT2D eigenvalue weighted by molar-refractivity contribution is 5.91. The first kappa shape index (κ1) is 19.2. The number of anilines is 1. The lowest BCUT2D eigenvalue weighted by molar-refractivity contribution is -0.117. The van der Waals surface area contributed by atoms with E-state index in [0.717, 1.165) is 19.5 Å². The van der Waals surface area contributed by atoms with Crippen LogP contribution < -0.4 is 5.32 Å². The molecule has 4 heterocycles. The lowest BCUT2D eigenvalue weighted by Gasteiger charge is -2.20. The van der Waals surface area contributed by atoms with Crippen LogP contribution in [0.25, 0.3) is 17.3 Å². The van der Waals surface area contributed by atoms with Crippen LogP contribution in [-0.4, -0.2) is 80.2 Å². The Morgan fingerprint density at radius 3 is 2.83 bits per heavy atom. The molecule has 3 aromatic heterocycles. The molecular formula is C20H24N8O. The first-order valence-corrected chi connectivity index (χ1v) is 9.57. The number of nitrogens with zero attached hydrogens (tertiary/aromatic N) is 7. The number of carbonyl (C=O) groups excluding carboxylic acids is 1. The summed E-state index contributed by atoms with van der Waals surface area (Å²) < 4.78 is 1.63. The lowest BCUT2D eigenvalue weighted by atomic mass is 10.2. The number of rotatable bonds is 6. The molecule has 0 radical (unpaired) electrons. The van der Waals surface area contributed by atoms with Crippen molar-refractivity contribution in [2.45, 2.75) is 12.5 Å². The summed E-state index contributed by atoms with van der Waals surface area (Å²) in [4.78, 5) is 30.4. The molecule has 0 spiro atoms. The molecule has 9 heteroatoms. The first-order valence-electron chi connectivity index (χ1n) is 9.57. The molecule has 9 nitrogen and oxygen atoms in total.